The van der Waals surface area contributed by atoms with Crippen molar-refractivity contribution in [1.29, 1.82) is 0 Å². The van der Waals surface area contributed by atoms with Gasteiger partial charge < -0.3 is 10.6 Å². The highest BCUT2D eigenvalue weighted by molar-refractivity contribution is 5.77. The summed E-state index contributed by atoms with van der Waals surface area (Å²) in [6.07, 6.45) is 4.55. The van der Waals surface area contributed by atoms with Crippen molar-refractivity contribution in [3.8, 4) is 0 Å². The lowest BCUT2D eigenvalue weighted by molar-refractivity contribution is -0.120. The van der Waals surface area contributed by atoms with Crippen molar-refractivity contribution in [3.63, 3.8) is 0 Å². The van der Waals surface area contributed by atoms with E-state index in [4.69, 9.17) is 0 Å². The van der Waals surface area contributed by atoms with Crippen LogP contribution in [0.2, 0.25) is 0 Å². The molecule has 0 saturated heterocycles. The zero-order valence-electron chi connectivity index (χ0n) is 9.49. The maximum Gasteiger partial charge on any atom is 0.221 e. The molecule has 1 aromatic rings. The van der Waals surface area contributed by atoms with Gasteiger partial charge in [-0.05, 0) is 37.5 Å². The first-order chi connectivity index (χ1) is 7.74. The lowest BCUT2D eigenvalue weighted by atomic mass is 10.3. The summed E-state index contributed by atoms with van der Waals surface area (Å²) < 4.78 is 0. The third kappa shape index (κ3) is 3.53. The Bertz CT molecular complexity index is 374. The van der Waals surface area contributed by atoms with Crippen molar-refractivity contribution < 1.29 is 4.79 Å². The Morgan fingerprint density at radius 1 is 1.56 bits per heavy atom. The molecule has 1 saturated carbocycles. The predicted octanol–water partition coefficient (Wildman–Crippen LogP) is 1.47. The predicted molar refractivity (Wildman–Crippen MR) is 63.2 cm³/mol. The van der Waals surface area contributed by atoms with Gasteiger partial charge in [0.2, 0.25) is 5.91 Å². The highest BCUT2D eigenvalue weighted by Gasteiger charge is 2.22. The summed E-state index contributed by atoms with van der Waals surface area (Å²) in [5, 5.41) is 6.09. The zero-order valence-corrected chi connectivity index (χ0v) is 9.49. The average Bonchev–Trinajstić information content (AvgIpc) is 3.02. The minimum Gasteiger partial charge on any atom is -0.370 e. The van der Waals surface area contributed by atoms with Crippen LogP contribution in [0.5, 0.6) is 0 Å². The van der Waals surface area contributed by atoms with Crippen LogP contribution in [-0.2, 0) is 4.79 Å². The maximum absolute atomic E-state index is 11.4. The van der Waals surface area contributed by atoms with Gasteiger partial charge in [0.15, 0.2) is 0 Å². The first-order valence-corrected chi connectivity index (χ1v) is 5.70. The average molecular weight is 219 g/mol. The van der Waals surface area contributed by atoms with E-state index in [1.807, 2.05) is 19.1 Å². The van der Waals surface area contributed by atoms with Crippen LogP contribution in [0.1, 0.15) is 24.8 Å². The van der Waals surface area contributed by atoms with Crippen LogP contribution >= 0.6 is 0 Å². The van der Waals surface area contributed by atoms with Crippen molar-refractivity contribution in [2.45, 2.75) is 32.2 Å². The molecule has 0 spiro atoms. The van der Waals surface area contributed by atoms with E-state index in [2.05, 4.69) is 15.6 Å². The number of hydrogen-bond acceptors (Lipinski definition) is 3. The van der Waals surface area contributed by atoms with Crippen molar-refractivity contribution in [2.24, 2.45) is 0 Å². The summed E-state index contributed by atoms with van der Waals surface area (Å²) in [7, 11) is 0. The number of hydrogen-bond donors (Lipinski definition) is 2. The molecule has 2 N–H and O–H groups in total. The van der Waals surface area contributed by atoms with E-state index in [0.29, 0.717) is 19.0 Å². The minimum absolute atomic E-state index is 0.127. The third-order valence-corrected chi connectivity index (χ3v) is 2.52. The third-order valence-electron chi connectivity index (χ3n) is 2.52. The van der Waals surface area contributed by atoms with Gasteiger partial charge in [0, 0.05) is 25.2 Å². The second-order valence-corrected chi connectivity index (χ2v) is 4.24. The molecule has 0 bridgehead atoms. The van der Waals surface area contributed by atoms with Crippen LogP contribution in [0.25, 0.3) is 0 Å². The largest absolute Gasteiger partial charge is 0.370 e. The van der Waals surface area contributed by atoms with Gasteiger partial charge in [-0.15, -0.1) is 0 Å². The molecule has 1 aliphatic rings. The van der Waals surface area contributed by atoms with Gasteiger partial charge in [-0.3, -0.25) is 4.79 Å². The molecule has 0 atom stereocenters. The first-order valence-electron chi connectivity index (χ1n) is 5.70. The normalized spacial score (nSPS) is 14.6. The number of amides is 1. The van der Waals surface area contributed by atoms with Crippen molar-refractivity contribution >= 4 is 11.7 Å². The van der Waals surface area contributed by atoms with Gasteiger partial charge in [0.25, 0.3) is 0 Å². The van der Waals surface area contributed by atoms with Crippen molar-refractivity contribution in [3.05, 3.63) is 23.9 Å². The molecule has 4 nitrogen and oxygen atoms in total. The highest BCUT2D eigenvalue weighted by atomic mass is 16.1. The van der Waals surface area contributed by atoms with E-state index < -0.39 is 0 Å². The van der Waals surface area contributed by atoms with Crippen LogP contribution in [0.3, 0.4) is 0 Å². The fourth-order valence-corrected chi connectivity index (χ4v) is 1.46. The summed E-state index contributed by atoms with van der Waals surface area (Å²) in [4.78, 5) is 15.5. The zero-order chi connectivity index (χ0) is 11.4. The maximum atomic E-state index is 11.4. The van der Waals surface area contributed by atoms with Crippen LogP contribution in [0.15, 0.2) is 18.3 Å². The highest BCUT2D eigenvalue weighted by Crippen LogP contribution is 2.18. The molecule has 1 fully saturated rings. The number of nitrogens with zero attached hydrogens (tertiary/aromatic N) is 1. The van der Waals surface area contributed by atoms with Crippen LogP contribution in [0, 0.1) is 6.92 Å². The quantitative estimate of drug-likeness (QED) is 0.788. The van der Waals surface area contributed by atoms with E-state index in [0.717, 1.165) is 18.7 Å². The molecule has 86 valence electrons. The molecule has 1 aliphatic carbocycles. The Kier molecular flexibility index (Phi) is 3.39. The summed E-state index contributed by atoms with van der Waals surface area (Å²) >= 11 is 0. The summed E-state index contributed by atoms with van der Waals surface area (Å²) in [5.74, 6) is 0.960. The molecular formula is C12H17N3O. The molecule has 0 unspecified atom stereocenters. The number of aromatic nitrogens is 1. The molecule has 0 aliphatic heterocycles. The fraction of sp³-hybridized carbons (Fsp3) is 0.500. The van der Waals surface area contributed by atoms with Crippen LogP contribution < -0.4 is 10.6 Å². The number of carbonyl (C=O) groups excluding carboxylic acids is 1. The smallest absolute Gasteiger partial charge is 0.221 e. The Hall–Kier alpha value is -1.58. The molecule has 1 heterocycles. The van der Waals surface area contributed by atoms with E-state index in [9.17, 15) is 4.79 Å². The van der Waals surface area contributed by atoms with Gasteiger partial charge in [-0.2, -0.15) is 0 Å². The van der Waals surface area contributed by atoms with Crippen LogP contribution in [-0.4, -0.2) is 23.5 Å². The van der Waals surface area contributed by atoms with Gasteiger partial charge in [0.1, 0.15) is 5.82 Å². The Morgan fingerprint density at radius 3 is 3.06 bits per heavy atom. The van der Waals surface area contributed by atoms with E-state index >= 15 is 0 Å². The number of anilines is 1. The molecule has 2 rings (SSSR count). The Balaban J connectivity index is 1.68. The van der Waals surface area contributed by atoms with Gasteiger partial charge in [-0.25, -0.2) is 4.98 Å². The standard InChI is InChI=1S/C12H17N3O/c1-9-4-6-13-11(8-9)14-7-5-12(16)15-10-2-3-10/h4,6,8,10H,2-3,5,7H2,1H3,(H,13,14)(H,15,16). The minimum atomic E-state index is 0.127. The van der Waals surface area contributed by atoms with Crippen LogP contribution in [0.4, 0.5) is 5.82 Å². The number of aryl methyl sites for hydroxylation is 1. The molecule has 1 aromatic heterocycles. The Morgan fingerprint density at radius 2 is 2.38 bits per heavy atom. The van der Waals surface area contributed by atoms with Gasteiger partial charge >= 0.3 is 0 Å². The summed E-state index contributed by atoms with van der Waals surface area (Å²) in [5.41, 5.74) is 1.17. The van der Waals surface area contributed by atoms with Gasteiger partial charge in [0.05, 0.1) is 0 Å². The SMILES string of the molecule is Cc1ccnc(NCCC(=O)NC2CC2)c1. The summed E-state index contributed by atoms with van der Waals surface area (Å²) in [6.45, 7) is 2.65. The molecule has 1 amide bonds. The molecule has 0 radical (unpaired) electrons. The number of rotatable bonds is 5. The second-order valence-electron chi connectivity index (χ2n) is 4.24. The Labute approximate surface area is 95.5 Å². The number of nitrogens with one attached hydrogen (secondary N) is 2. The molecular weight excluding hydrogens is 202 g/mol. The molecule has 0 aromatic carbocycles. The van der Waals surface area contributed by atoms with E-state index in [1.165, 1.54) is 5.56 Å². The summed E-state index contributed by atoms with van der Waals surface area (Å²) in [6, 6.07) is 4.37. The fourth-order valence-electron chi connectivity index (χ4n) is 1.46. The molecule has 16 heavy (non-hydrogen) atoms. The first kappa shape index (κ1) is 10.9. The lowest BCUT2D eigenvalue weighted by Crippen LogP contribution is -2.27. The van der Waals surface area contributed by atoms with E-state index in [1.54, 1.807) is 6.20 Å². The van der Waals surface area contributed by atoms with E-state index in [-0.39, 0.29) is 5.91 Å². The topological polar surface area (TPSA) is 54.0 Å². The number of pyridine rings is 1. The lowest BCUT2D eigenvalue weighted by Gasteiger charge is -2.06. The number of carbonyl (C=O) groups is 1. The molecule has 4 heteroatoms. The second kappa shape index (κ2) is 4.96. The van der Waals surface area contributed by atoms with Gasteiger partial charge in [-0.1, -0.05) is 0 Å². The van der Waals surface area contributed by atoms with Crippen molar-refractivity contribution in [1.82, 2.24) is 10.3 Å². The van der Waals surface area contributed by atoms with Crippen molar-refractivity contribution in [2.75, 3.05) is 11.9 Å². The monoisotopic (exact) mass is 219 g/mol.